The largest absolute Gasteiger partial charge is 0.325 e. The normalized spacial score (nSPS) is 23.3. The SMILES string of the molecule is O=C1CS[C@H](c2ccc(Cl)c(Cl)c2)N1CCN1CCCCC1. The first kappa shape index (κ1) is 16.4. The van der Waals surface area contributed by atoms with E-state index >= 15 is 0 Å². The number of hydrogen-bond donors (Lipinski definition) is 0. The fraction of sp³-hybridized carbons (Fsp3) is 0.562. The first-order chi connectivity index (χ1) is 10.6. The number of carbonyl (C=O) groups is 1. The Hall–Kier alpha value is -0.420. The van der Waals surface area contributed by atoms with Crippen molar-refractivity contribution in [2.24, 2.45) is 0 Å². The molecule has 2 aliphatic heterocycles. The fourth-order valence-corrected chi connectivity index (χ4v) is 4.58. The van der Waals surface area contributed by atoms with Gasteiger partial charge in [-0.05, 0) is 43.6 Å². The third kappa shape index (κ3) is 3.73. The first-order valence-electron chi connectivity index (χ1n) is 7.73. The molecule has 2 saturated heterocycles. The number of carbonyl (C=O) groups excluding carboxylic acids is 1. The Bertz CT molecular complexity index is 549. The van der Waals surface area contributed by atoms with Gasteiger partial charge in [-0.3, -0.25) is 4.79 Å². The Kier molecular flexibility index (Phi) is 5.55. The summed E-state index contributed by atoms with van der Waals surface area (Å²) in [4.78, 5) is 16.7. The van der Waals surface area contributed by atoms with Gasteiger partial charge >= 0.3 is 0 Å². The predicted octanol–water partition coefficient (Wildman–Crippen LogP) is 4.05. The molecule has 120 valence electrons. The number of piperidine rings is 1. The molecule has 2 fully saturated rings. The molecule has 22 heavy (non-hydrogen) atoms. The molecule has 0 unspecified atom stereocenters. The average molecular weight is 359 g/mol. The zero-order valence-electron chi connectivity index (χ0n) is 12.4. The van der Waals surface area contributed by atoms with Gasteiger partial charge in [-0.25, -0.2) is 0 Å². The minimum absolute atomic E-state index is 0.0621. The van der Waals surface area contributed by atoms with Crippen molar-refractivity contribution in [3.8, 4) is 0 Å². The summed E-state index contributed by atoms with van der Waals surface area (Å²) in [6.45, 7) is 4.07. The van der Waals surface area contributed by atoms with Crippen molar-refractivity contribution in [1.82, 2.24) is 9.80 Å². The molecule has 0 radical (unpaired) electrons. The smallest absolute Gasteiger partial charge is 0.233 e. The van der Waals surface area contributed by atoms with Gasteiger partial charge in [-0.1, -0.05) is 35.7 Å². The van der Waals surface area contributed by atoms with Crippen LogP contribution in [-0.4, -0.2) is 47.6 Å². The summed E-state index contributed by atoms with van der Waals surface area (Å²) in [6.07, 6.45) is 3.89. The maximum atomic E-state index is 12.2. The van der Waals surface area contributed by atoms with Gasteiger partial charge in [0.1, 0.15) is 5.37 Å². The van der Waals surface area contributed by atoms with Crippen LogP contribution >= 0.6 is 35.0 Å². The number of thioether (sulfide) groups is 1. The number of likely N-dealkylation sites (tertiary alicyclic amines) is 1. The van der Waals surface area contributed by atoms with E-state index in [1.165, 1.54) is 19.3 Å². The quantitative estimate of drug-likeness (QED) is 0.810. The highest BCUT2D eigenvalue weighted by molar-refractivity contribution is 8.00. The summed E-state index contributed by atoms with van der Waals surface area (Å²) in [5.41, 5.74) is 1.06. The van der Waals surface area contributed by atoms with Crippen molar-refractivity contribution in [2.45, 2.75) is 24.6 Å². The molecule has 0 aliphatic carbocycles. The second kappa shape index (κ2) is 7.43. The highest BCUT2D eigenvalue weighted by Crippen LogP contribution is 2.40. The van der Waals surface area contributed by atoms with Crippen molar-refractivity contribution in [3.05, 3.63) is 33.8 Å². The highest BCUT2D eigenvalue weighted by atomic mass is 35.5. The molecule has 0 N–H and O–H groups in total. The summed E-state index contributed by atoms with van der Waals surface area (Å²) < 4.78 is 0. The Morgan fingerprint density at radius 3 is 2.59 bits per heavy atom. The molecule has 0 aromatic heterocycles. The standard InChI is InChI=1S/C16H20Cl2N2OS/c17-13-5-4-12(10-14(13)18)16-20(15(21)11-22-16)9-8-19-6-2-1-3-7-19/h4-5,10,16H,1-3,6-9,11H2/t16-/m1/s1. The maximum absolute atomic E-state index is 12.2. The van der Waals surface area contributed by atoms with Gasteiger partial charge in [0, 0.05) is 13.1 Å². The summed E-state index contributed by atoms with van der Waals surface area (Å²) in [5.74, 6) is 0.767. The van der Waals surface area contributed by atoms with Crippen LogP contribution in [0.1, 0.15) is 30.2 Å². The van der Waals surface area contributed by atoms with Gasteiger partial charge in [0.25, 0.3) is 0 Å². The van der Waals surface area contributed by atoms with Gasteiger partial charge in [0.05, 0.1) is 15.8 Å². The molecule has 2 aliphatic rings. The van der Waals surface area contributed by atoms with Crippen molar-refractivity contribution in [1.29, 1.82) is 0 Å². The van der Waals surface area contributed by atoms with Crippen molar-refractivity contribution in [2.75, 3.05) is 31.9 Å². The monoisotopic (exact) mass is 358 g/mol. The lowest BCUT2D eigenvalue weighted by atomic mass is 10.1. The molecule has 1 aromatic rings. The summed E-state index contributed by atoms with van der Waals surface area (Å²) >= 11 is 13.8. The number of rotatable bonds is 4. The van der Waals surface area contributed by atoms with Crippen LogP contribution in [0.15, 0.2) is 18.2 Å². The van der Waals surface area contributed by atoms with Gasteiger partial charge in [-0.2, -0.15) is 0 Å². The Balaban J connectivity index is 1.67. The van der Waals surface area contributed by atoms with Crippen molar-refractivity contribution < 1.29 is 4.79 Å². The number of nitrogens with zero attached hydrogens (tertiary/aromatic N) is 2. The molecule has 1 amide bonds. The lowest BCUT2D eigenvalue weighted by molar-refractivity contribution is -0.128. The summed E-state index contributed by atoms with van der Waals surface area (Å²) in [5, 5.41) is 1.17. The van der Waals surface area contributed by atoms with Crippen molar-refractivity contribution >= 4 is 40.9 Å². The van der Waals surface area contributed by atoms with Crippen LogP contribution in [0.2, 0.25) is 10.0 Å². The molecule has 1 aromatic carbocycles. The molecule has 2 heterocycles. The first-order valence-corrected chi connectivity index (χ1v) is 9.54. The average Bonchev–Trinajstić information content (AvgIpc) is 2.90. The molecule has 0 bridgehead atoms. The van der Waals surface area contributed by atoms with Crippen LogP contribution in [0.25, 0.3) is 0 Å². The zero-order chi connectivity index (χ0) is 15.5. The minimum Gasteiger partial charge on any atom is -0.325 e. The van der Waals surface area contributed by atoms with E-state index in [1.54, 1.807) is 11.8 Å². The molecule has 6 heteroatoms. The van der Waals surface area contributed by atoms with E-state index in [4.69, 9.17) is 23.2 Å². The number of hydrogen-bond acceptors (Lipinski definition) is 3. The third-order valence-electron chi connectivity index (χ3n) is 4.30. The zero-order valence-corrected chi connectivity index (χ0v) is 14.8. The van der Waals surface area contributed by atoms with E-state index in [1.807, 2.05) is 23.1 Å². The predicted molar refractivity (Wildman–Crippen MR) is 93.7 cm³/mol. The molecule has 3 nitrogen and oxygen atoms in total. The highest BCUT2D eigenvalue weighted by Gasteiger charge is 2.33. The topological polar surface area (TPSA) is 23.6 Å². The Morgan fingerprint density at radius 2 is 1.86 bits per heavy atom. The Morgan fingerprint density at radius 1 is 1.09 bits per heavy atom. The fourth-order valence-electron chi connectivity index (χ4n) is 3.07. The molecule has 1 atom stereocenters. The number of amides is 1. The van der Waals surface area contributed by atoms with Crippen molar-refractivity contribution in [3.63, 3.8) is 0 Å². The molecule has 0 spiro atoms. The van der Waals surface area contributed by atoms with E-state index in [0.29, 0.717) is 15.8 Å². The molecule has 0 saturated carbocycles. The van der Waals surface area contributed by atoms with E-state index in [9.17, 15) is 4.79 Å². The van der Waals surface area contributed by atoms with Gasteiger partial charge < -0.3 is 9.80 Å². The second-order valence-corrected chi connectivity index (χ2v) is 7.71. The van der Waals surface area contributed by atoms with Crippen LogP contribution in [-0.2, 0) is 4.79 Å². The van der Waals surface area contributed by atoms with Crippen LogP contribution in [0, 0.1) is 0 Å². The van der Waals surface area contributed by atoms with Crippen LogP contribution in [0.3, 0.4) is 0 Å². The molecule has 3 rings (SSSR count). The molecular formula is C16H20Cl2N2OS. The van der Waals surface area contributed by atoms with E-state index in [-0.39, 0.29) is 11.3 Å². The lowest BCUT2D eigenvalue weighted by Gasteiger charge is -2.30. The van der Waals surface area contributed by atoms with E-state index in [0.717, 1.165) is 31.7 Å². The van der Waals surface area contributed by atoms with Crippen LogP contribution < -0.4 is 0 Å². The summed E-state index contributed by atoms with van der Waals surface area (Å²) in [7, 11) is 0. The maximum Gasteiger partial charge on any atom is 0.233 e. The molecular weight excluding hydrogens is 339 g/mol. The Labute approximate surface area is 145 Å². The third-order valence-corrected chi connectivity index (χ3v) is 6.30. The number of halogens is 2. The van der Waals surface area contributed by atoms with E-state index in [2.05, 4.69) is 4.90 Å². The number of benzene rings is 1. The van der Waals surface area contributed by atoms with Gasteiger partial charge in [-0.15, -0.1) is 11.8 Å². The van der Waals surface area contributed by atoms with Gasteiger partial charge in [0.2, 0.25) is 5.91 Å². The van der Waals surface area contributed by atoms with Gasteiger partial charge in [0.15, 0.2) is 0 Å². The lowest BCUT2D eigenvalue weighted by Crippen LogP contribution is -2.39. The summed E-state index contributed by atoms with van der Waals surface area (Å²) in [6, 6.07) is 5.66. The minimum atomic E-state index is 0.0621. The van der Waals surface area contributed by atoms with E-state index < -0.39 is 0 Å². The second-order valence-electron chi connectivity index (χ2n) is 5.83. The van der Waals surface area contributed by atoms with Crippen LogP contribution in [0.5, 0.6) is 0 Å². The van der Waals surface area contributed by atoms with Crippen LogP contribution in [0.4, 0.5) is 0 Å².